The fourth-order valence-corrected chi connectivity index (χ4v) is 6.20. The van der Waals surface area contributed by atoms with Crippen LogP contribution in [-0.2, 0) is 22.4 Å². The molecule has 1 saturated carbocycles. The maximum atomic E-state index is 12.7. The Kier molecular flexibility index (Phi) is 7.42. The number of hydrogen-bond donors (Lipinski definition) is 1. The van der Waals surface area contributed by atoms with E-state index in [1.165, 1.54) is 30.6 Å². The average molecular weight is 420 g/mol. The molecular formula is C24H37NO3S. The summed E-state index contributed by atoms with van der Waals surface area (Å²) in [5, 5.41) is 3.79. The van der Waals surface area contributed by atoms with Crippen molar-refractivity contribution in [2.24, 2.45) is 17.3 Å². The zero-order valence-corrected chi connectivity index (χ0v) is 19.4. The maximum absolute atomic E-state index is 12.7. The summed E-state index contributed by atoms with van der Waals surface area (Å²) < 4.78 is 5.35. The van der Waals surface area contributed by atoms with Crippen molar-refractivity contribution < 1.29 is 14.3 Å². The van der Waals surface area contributed by atoms with Gasteiger partial charge in [0.05, 0.1) is 12.2 Å². The van der Waals surface area contributed by atoms with Gasteiger partial charge in [0.25, 0.3) is 0 Å². The molecule has 0 bridgehead atoms. The molecule has 0 unspecified atom stereocenters. The van der Waals surface area contributed by atoms with Gasteiger partial charge in [0.1, 0.15) is 5.00 Å². The largest absolute Gasteiger partial charge is 0.462 e. The van der Waals surface area contributed by atoms with E-state index in [1.54, 1.807) is 11.3 Å². The minimum Gasteiger partial charge on any atom is -0.462 e. The monoisotopic (exact) mass is 419 g/mol. The maximum Gasteiger partial charge on any atom is 0.341 e. The van der Waals surface area contributed by atoms with Crippen LogP contribution in [0.2, 0.25) is 0 Å². The van der Waals surface area contributed by atoms with Crippen molar-refractivity contribution in [1.82, 2.24) is 0 Å². The van der Waals surface area contributed by atoms with Gasteiger partial charge in [-0.3, -0.25) is 4.79 Å². The van der Waals surface area contributed by atoms with Gasteiger partial charge in [0.15, 0.2) is 0 Å². The molecule has 1 N–H and O–H groups in total. The topological polar surface area (TPSA) is 55.4 Å². The number of carbonyl (C=O) groups is 2. The highest BCUT2D eigenvalue weighted by Crippen LogP contribution is 2.45. The molecule has 1 amide bonds. The van der Waals surface area contributed by atoms with Crippen molar-refractivity contribution in [3.8, 4) is 0 Å². The Hall–Kier alpha value is -1.36. The normalized spacial score (nSPS) is 19.8. The Morgan fingerprint density at radius 1 is 1.17 bits per heavy atom. The summed E-state index contributed by atoms with van der Waals surface area (Å²) in [7, 11) is 0. The van der Waals surface area contributed by atoms with E-state index in [2.05, 4.69) is 26.1 Å². The zero-order valence-electron chi connectivity index (χ0n) is 18.6. The van der Waals surface area contributed by atoms with E-state index in [0.717, 1.165) is 37.7 Å². The number of anilines is 1. The number of esters is 1. The van der Waals surface area contributed by atoms with Crippen molar-refractivity contribution >= 4 is 28.2 Å². The van der Waals surface area contributed by atoms with E-state index < -0.39 is 0 Å². The van der Waals surface area contributed by atoms with Crippen LogP contribution in [0.4, 0.5) is 5.00 Å². The molecule has 2 aliphatic rings. The Labute approximate surface area is 179 Å². The number of amides is 1. The number of ether oxygens (including phenoxy) is 1. The lowest BCUT2D eigenvalue weighted by Gasteiger charge is -2.36. The van der Waals surface area contributed by atoms with Gasteiger partial charge in [-0.25, -0.2) is 4.79 Å². The van der Waals surface area contributed by atoms with Gasteiger partial charge in [0.2, 0.25) is 5.91 Å². The number of rotatable bonds is 8. The lowest BCUT2D eigenvalue weighted by Crippen LogP contribution is -2.28. The minimum absolute atomic E-state index is 0.0338. The van der Waals surface area contributed by atoms with E-state index in [-0.39, 0.29) is 17.3 Å². The fourth-order valence-electron chi connectivity index (χ4n) is 4.87. The summed E-state index contributed by atoms with van der Waals surface area (Å²) in [5.74, 6) is 1.05. The van der Waals surface area contributed by atoms with Crippen LogP contribution >= 0.6 is 11.3 Å². The molecule has 1 aromatic rings. The molecule has 1 aromatic heterocycles. The Balaban J connectivity index is 1.77. The quantitative estimate of drug-likeness (QED) is 0.498. The summed E-state index contributed by atoms with van der Waals surface area (Å²) in [4.78, 5) is 26.6. The number of nitrogens with one attached hydrogen (secondary N) is 1. The Morgan fingerprint density at radius 3 is 2.55 bits per heavy atom. The van der Waals surface area contributed by atoms with Gasteiger partial charge < -0.3 is 10.1 Å². The third-order valence-electron chi connectivity index (χ3n) is 7.27. The molecule has 1 atom stereocenters. The van der Waals surface area contributed by atoms with Crippen LogP contribution in [0.1, 0.15) is 99.9 Å². The van der Waals surface area contributed by atoms with Crippen molar-refractivity contribution in [3.05, 3.63) is 16.0 Å². The van der Waals surface area contributed by atoms with Gasteiger partial charge in [-0.2, -0.15) is 0 Å². The summed E-state index contributed by atoms with van der Waals surface area (Å²) in [6.07, 6.45) is 10.7. The standard InChI is InChI=1S/C24H37NO3S/c1-5-24(3,4)17-12-13-18-19(15-17)29-22(21(18)23(27)28-6-2)25-20(26)14-11-16-9-7-8-10-16/h16-17H,5-15H2,1-4H3,(H,25,26)/t17-/m1/s1. The number of thiophene rings is 1. The van der Waals surface area contributed by atoms with Crippen LogP contribution in [0.15, 0.2) is 0 Å². The zero-order chi connectivity index (χ0) is 21.0. The molecule has 4 nitrogen and oxygen atoms in total. The second kappa shape index (κ2) is 9.63. The molecule has 29 heavy (non-hydrogen) atoms. The molecule has 3 rings (SSSR count). The smallest absolute Gasteiger partial charge is 0.341 e. The fraction of sp³-hybridized carbons (Fsp3) is 0.750. The summed E-state index contributed by atoms with van der Waals surface area (Å²) in [6.45, 7) is 9.12. The molecular weight excluding hydrogens is 382 g/mol. The van der Waals surface area contributed by atoms with Crippen LogP contribution in [0, 0.1) is 17.3 Å². The molecule has 162 valence electrons. The highest BCUT2D eigenvalue weighted by atomic mass is 32.1. The first-order chi connectivity index (χ1) is 13.9. The van der Waals surface area contributed by atoms with Gasteiger partial charge in [0, 0.05) is 11.3 Å². The lowest BCUT2D eigenvalue weighted by molar-refractivity contribution is -0.116. The highest BCUT2D eigenvalue weighted by molar-refractivity contribution is 7.17. The number of carbonyl (C=O) groups excluding carboxylic acids is 2. The summed E-state index contributed by atoms with van der Waals surface area (Å²) in [5.41, 5.74) is 2.02. The first-order valence-electron chi connectivity index (χ1n) is 11.5. The van der Waals surface area contributed by atoms with E-state index in [9.17, 15) is 9.59 Å². The summed E-state index contributed by atoms with van der Waals surface area (Å²) >= 11 is 1.60. The minimum atomic E-state index is -0.288. The van der Waals surface area contributed by atoms with Crippen LogP contribution in [0.3, 0.4) is 0 Å². The van der Waals surface area contributed by atoms with Crippen molar-refractivity contribution in [1.29, 1.82) is 0 Å². The molecule has 0 aromatic carbocycles. The van der Waals surface area contributed by atoms with E-state index in [4.69, 9.17) is 4.74 Å². The molecule has 1 fully saturated rings. The lowest BCUT2D eigenvalue weighted by atomic mass is 9.69. The van der Waals surface area contributed by atoms with Crippen molar-refractivity contribution in [3.63, 3.8) is 0 Å². The second-order valence-corrected chi connectivity index (χ2v) is 10.6. The van der Waals surface area contributed by atoms with Gasteiger partial charge in [-0.05, 0) is 55.4 Å². The van der Waals surface area contributed by atoms with Crippen molar-refractivity contribution in [2.45, 2.75) is 91.9 Å². The van der Waals surface area contributed by atoms with Crippen LogP contribution in [0.25, 0.3) is 0 Å². The van der Waals surface area contributed by atoms with Crippen LogP contribution in [0.5, 0.6) is 0 Å². The molecule has 2 aliphatic carbocycles. The average Bonchev–Trinajstić information content (AvgIpc) is 3.33. The van der Waals surface area contributed by atoms with Crippen LogP contribution in [-0.4, -0.2) is 18.5 Å². The van der Waals surface area contributed by atoms with Crippen molar-refractivity contribution in [2.75, 3.05) is 11.9 Å². The highest BCUT2D eigenvalue weighted by Gasteiger charge is 2.35. The molecule has 0 spiro atoms. The first kappa shape index (κ1) is 22.3. The molecule has 5 heteroatoms. The molecule has 1 heterocycles. The first-order valence-corrected chi connectivity index (χ1v) is 12.3. The van der Waals surface area contributed by atoms with E-state index in [0.29, 0.717) is 35.4 Å². The van der Waals surface area contributed by atoms with Gasteiger partial charge in [-0.15, -0.1) is 11.3 Å². The van der Waals surface area contributed by atoms with E-state index in [1.807, 2.05) is 6.92 Å². The predicted molar refractivity (Wildman–Crippen MR) is 120 cm³/mol. The predicted octanol–water partition coefficient (Wildman–Crippen LogP) is 6.37. The third-order valence-corrected chi connectivity index (χ3v) is 8.44. The molecule has 0 aliphatic heterocycles. The number of hydrogen-bond acceptors (Lipinski definition) is 4. The van der Waals surface area contributed by atoms with Crippen LogP contribution < -0.4 is 5.32 Å². The third kappa shape index (κ3) is 5.22. The second-order valence-electron chi connectivity index (χ2n) is 9.45. The Morgan fingerprint density at radius 2 is 1.90 bits per heavy atom. The molecule has 0 saturated heterocycles. The SMILES string of the molecule is CCOC(=O)c1c(NC(=O)CCC2CCCC2)sc2c1CC[C@@H](C(C)(C)CC)C2. The Bertz CT molecular complexity index is 731. The van der Waals surface area contributed by atoms with Gasteiger partial charge in [-0.1, -0.05) is 52.9 Å². The number of fused-ring (bicyclic) bond motifs is 1. The summed E-state index contributed by atoms with van der Waals surface area (Å²) in [6, 6.07) is 0. The van der Waals surface area contributed by atoms with Gasteiger partial charge >= 0.3 is 5.97 Å². The van der Waals surface area contributed by atoms with E-state index >= 15 is 0 Å². The molecule has 0 radical (unpaired) electrons.